The Hall–Kier alpha value is -1.75. The number of anilines is 1. The van der Waals surface area contributed by atoms with E-state index < -0.39 is 5.54 Å². The van der Waals surface area contributed by atoms with Crippen molar-refractivity contribution >= 4 is 11.7 Å². The minimum atomic E-state index is -0.499. The number of methoxy groups -OCH3 is 1. The van der Waals surface area contributed by atoms with Gasteiger partial charge in [-0.15, -0.1) is 0 Å². The maximum Gasteiger partial charge on any atom is 0.319 e. The van der Waals surface area contributed by atoms with Crippen LogP contribution < -0.4 is 15.4 Å². The second-order valence-electron chi connectivity index (χ2n) is 5.95. The van der Waals surface area contributed by atoms with E-state index >= 15 is 0 Å². The first kappa shape index (κ1) is 15.6. The molecule has 2 rings (SSSR count). The summed E-state index contributed by atoms with van der Waals surface area (Å²) in [5.41, 5.74) is 0.171. The predicted molar refractivity (Wildman–Crippen MR) is 82.6 cm³/mol. The smallest absolute Gasteiger partial charge is 0.319 e. The van der Waals surface area contributed by atoms with E-state index in [0.29, 0.717) is 17.4 Å². The number of hydrogen-bond donors (Lipinski definition) is 3. The fraction of sp³-hybridized carbons (Fsp3) is 0.562. The highest BCUT2D eigenvalue weighted by Crippen LogP contribution is 2.32. The molecular formula is C16H24N2O3. The van der Waals surface area contributed by atoms with Crippen LogP contribution in [0.1, 0.15) is 32.6 Å². The van der Waals surface area contributed by atoms with Crippen LogP contribution in [0.15, 0.2) is 24.3 Å². The number of carbonyl (C=O) groups excluding carboxylic acids is 1. The molecule has 5 heteroatoms. The zero-order valence-electron chi connectivity index (χ0n) is 12.7. The van der Waals surface area contributed by atoms with Gasteiger partial charge < -0.3 is 20.5 Å². The highest BCUT2D eigenvalue weighted by Gasteiger charge is 2.35. The Labute approximate surface area is 125 Å². The number of aliphatic hydroxyl groups is 1. The van der Waals surface area contributed by atoms with Gasteiger partial charge in [0.2, 0.25) is 0 Å². The van der Waals surface area contributed by atoms with Crippen LogP contribution in [0.5, 0.6) is 5.75 Å². The molecule has 1 aliphatic carbocycles. The minimum Gasteiger partial charge on any atom is -0.497 e. The number of urea groups is 1. The summed E-state index contributed by atoms with van der Waals surface area (Å²) < 4.78 is 5.13. The van der Waals surface area contributed by atoms with Gasteiger partial charge in [0.1, 0.15) is 5.75 Å². The number of nitrogens with one attached hydrogen (secondary N) is 2. The fourth-order valence-corrected chi connectivity index (χ4v) is 3.06. The van der Waals surface area contributed by atoms with Crippen molar-refractivity contribution in [2.45, 2.75) is 38.1 Å². The molecular weight excluding hydrogens is 268 g/mol. The molecule has 0 heterocycles. The monoisotopic (exact) mass is 292 g/mol. The second kappa shape index (κ2) is 6.80. The van der Waals surface area contributed by atoms with Crippen LogP contribution in [0.4, 0.5) is 10.5 Å². The Kier molecular flexibility index (Phi) is 5.07. The lowest BCUT2D eigenvalue weighted by Gasteiger charge is -2.39. The molecule has 1 saturated carbocycles. The van der Waals surface area contributed by atoms with E-state index in [9.17, 15) is 9.90 Å². The third kappa shape index (κ3) is 4.11. The first-order chi connectivity index (χ1) is 10.1. The van der Waals surface area contributed by atoms with Crippen molar-refractivity contribution in [1.82, 2.24) is 5.32 Å². The first-order valence-corrected chi connectivity index (χ1v) is 7.41. The molecule has 5 nitrogen and oxygen atoms in total. The van der Waals surface area contributed by atoms with E-state index in [-0.39, 0.29) is 12.6 Å². The molecule has 0 saturated heterocycles. The zero-order chi connectivity index (χ0) is 15.3. The van der Waals surface area contributed by atoms with Gasteiger partial charge in [-0.3, -0.25) is 0 Å². The van der Waals surface area contributed by atoms with Crippen LogP contribution in [0.3, 0.4) is 0 Å². The van der Waals surface area contributed by atoms with Crippen molar-refractivity contribution in [3.8, 4) is 5.75 Å². The highest BCUT2D eigenvalue weighted by molar-refractivity contribution is 5.90. The molecule has 0 aliphatic heterocycles. The Balaban J connectivity index is 1.99. The molecule has 0 bridgehead atoms. The van der Waals surface area contributed by atoms with E-state index in [1.807, 2.05) is 12.1 Å². The summed E-state index contributed by atoms with van der Waals surface area (Å²) in [6.07, 6.45) is 3.82. The van der Waals surface area contributed by atoms with Gasteiger partial charge in [-0.2, -0.15) is 0 Å². The normalized spacial score (nSPS) is 25.2. The van der Waals surface area contributed by atoms with Crippen molar-refractivity contribution in [2.75, 3.05) is 19.0 Å². The quantitative estimate of drug-likeness (QED) is 0.799. The zero-order valence-corrected chi connectivity index (χ0v) is 12.7. The lowest BCUT2D eigenvalue weighted by atomic mass is 9.77. The van der Waals surface area contributed by atoms with Gasteiger partial charge in [0.05, 0.1) is 19.3 Å². The molecule has 2 atom stereocenters. The van der Waals surface area contributed by atoms with Crippen LogP contribution in [0.25, 0.3) is 0 Å². The van der Waals surface area contributed by atoms with E-state index in [4.69, 9.17) is 4.74 Å². The van der Waals surface area contributed by atoms with E-state index in [0.717, 1.165) is 25.7 Å². The van der Waals surface area contributed by atoms with E-state index in [1.165, 1.54) is 0 Å². The van der Waals surface area contributed by atoms with Crippen molar-refractivity contribution in [3.63, 3.8) is 0 Å². The maximum atomic E-state index is 12.2. The maximum absolute atomic E-state index is 12.2. The third-order valence-electron chi connectivity index (χ3n) is 4.10. The number of amides is 2. The molecule has 0 aromatic heterocycles. The average Bonchev–Trinajstić information content (AvgIpc) is 2.47. The van der Waals surface area contributed by atoms with Crippen LogP contribution in [0, 0.1) is 5.92 Å². The topological polar surface area (TPSA) is 70.6 Å². The number of hydrogen-bond acceptors (Lipinski definition) is 3. The van der Waals surface area contributed by atoms with Gasteiger partial charge in [-0.05, 0) is 30.9 Å². The summed E-state index contributed by atoms with van der Waals surface area (Å²) in [5.74, 6) is 1.21. The van der Waals surface area contributed by atoms with E-state index in [2.05, 4.69) is 17.6 Å². The van der Waals surface area contributed by atoms with Gasteiger partial charge in [-0.25, -0.2) is 4.79 Å². The number of ether oxygens (including phenoxy) is 1. The lowest BCUT2D eigenvalue weighted by Crippen LogP contribution is -2.55. The predicted octanol–water partition coefficient (Wildman–Crippen LogP) is 2.76. The number of carbonyl (C=O) groups is 1. The second-order valence-corrected chi connectivity index (χ2v) is 5.95. The highest BCUT2D eigenvalue weighted by atomic mass is 16.5. The van der Waals surface area contributed by atoms with E-state index in [1.54, 1.807) is 19.2 Å². The molecule has 1 aliphatic rings. The van der Waals surface area contributed by atoms with Crippen molar-refractivity contribution in [3.05, 3.63) is 24.3 Å². The molecule has 2 amide bonds. The molecule has 1 fully saturated rings. The number of aliphatic hydroxyl groups excluding tert-OH is 1. The molecule has 0 radical (unpaired) electrons. The Morgan fingerprint density at radius 2 is 2.33 bits per heavy atom. The Bertz CT molecular complexity index is 492. The number of benzene rings is 1. The first-order valence-electron chi connectivity index (χ1n) is 7.41. The van der Waals surface area contributed by atoms with Gasteiger partial charge in [0.15, 0.2) is 0 Å². The SMILES string of the molecule is COc1cccc(NC(=O)NC2(CO)CCCC(C)C2)c1. The third-order valence-corrected chi connectivity index (χ3v) is 4.10. The summed E-state index contributed by atoms with van der Waals surface area (Å²) in [6.45, 7) is 2.13. The summed E-state index contributed by atoms with van der Waals surface area (Å²) >= 11 is 0. The Morgan fingerprint density at radius 1 is 1.52 bits per heavy atom. The van der Waals surface area contributed by atoms with Crippen molar-refractivity contribution in [2.24, 2.45) is 5.92 Å². The fourth-order valence-electron chi connectivity index (χ4n) is 3.06. The molecule has 1 aromatic carbocycles. The molecule has 116 valence electrons. The summed E-state index contributed by atoms with van der Waals surface area (Å²) in [5, 5.41) is 15.4. The summed E-state index contributed by atoms with van der Waals surface area (Å²) in [6, 6.07) is 6.91. The lowest BCUT2D eigenvalue weighted by molar-refractivity contribution is 0.108. The van der Waals surface area contributed by atoms with Gasteiger partial charge in [0.25, 0.3) is 0 Å². The summed E-state index contributed by atoms with van der Waals surface area (Å²) in [4.78, 5) is 12.2. The van der Waals surface area contributed by atoms with Gasteiger partial charge >= 0.3 is 6.03 Å². The van der Waals surface area contributed by atoms with Crippen LogP contribution in [0.2, 0.25) is 0 Å². The van der Waals surface area contributed by atoms with Crippen molar-refractivity contribution < 1.29 is 14.6 Å². The van der Waals surface area contributed by atoms with Crippen LogP contribution in [-0.4, -0.2) is 30.4 Å². The van der Waals surface area contributed by atoms with Crippen molar-refractivity contribution in [1.29, 1.82) is 0 Å². The minimum absolute atomic E-state index is 0.0249. The molecule has 1 aromatic rings. The standard InChI is InChI=1S/C16H24N2O3/c1-12-5-4-8-16(10-12,11-19)18-15(20)17-13-6-3-7-14(9-13)21-2/h3,6-7,9,12,19H,4-5,8,10-11H2,1-2H3,(H2,17,18,20). The largest absolute Gasteiger partial charge is 0.497 e. The molecule has 21 heavy (non-hydrogen) atoms. The molecule has 3 N–H and O–H groups in total. The van der Waals surface area contributed by atoms with Crippen LogP contribution >= 0.6 is 0 Å². The molecule has 0 spiro atoms. The molecule has 2 unspecified atom stereocenters. The van der Waals surface area contributed by atoms with Crippen LogP contribution in [-0.2, 0) is 0 Å². The summed E-state index contributed by atoms with van der Waals surface area (Å²) in [7, 11) is 1.59. The average molecular weight is 292 g/mol. The Morgan fingerprint density at radius 3 is 3.00 bits per heavy atom. The number of rotatable bonds is 4. The van der Waals surface area contributed by atoms with Gasteiger partial charge in [0, 0.05) is 11.8 Å². The van der Waals surface area contributed by atoms with Gasteiger partial charge in [-0.1, -0.05) is 25.8 Å².